The third kappa shape index (κ3) is 4.52. The summed E-state index contributed by atoms with van der Waals surface area (Å²) in [6.45, 7) is 0.580. The zero-order valence-electron chi connectivity index (χ0n) is 12.9. The normalized spacial score (nSPS) is 10.5. The van der Waals surface area contributed by atoms with Crippen LogP contribution in [0.1, 0.15) is 11.5 Å². The molecule has 0 bridgehead atoms. The Bertz CT molecular complexity index is 801. The van der Waals surface area contributed by atoms with Crippen LogP contribution >= 0.6 is 15.9 Å². The molecule has 0 aliphatic heterocycles. The van der Waals surface area contributed by atoms with Gasteiger partial charge in [-0.05, 0) is 36.2 Å². The summed E-state index contributed by atoms with van der Waals surface area (Å²) in [6, 6.07) is 17.6. The second kappa shape index (κ2) is 7.88. The van der Waals surface area contributed by atoms with Crippen LogP contribution in [0.25, 0.3) is 11.5 Å². The molecular formula is C18H16BrN3O2. The van der Waals surface area contributed by atoms with E-state index in [0.29, 0.717) is 18.3 Å². The third-order valence-electron chi connectivity index (χ3n) is 3.45. The minimum Gasteiger partial charge on any atom is -0.420 e. The van der Waals surface area contributed by atoms with Crippen LogP contribution in [0, 0.1) is 0 Å². The van der Waals surface area contributed by atoms with E-state index in [4.69, 9.17) is 4.42 Å². The van der Waals surface area contributed by atoms with E-state index in [1.165, 1.54) is 5.56 Å². The number of halogens is 1. The van der Waals surface area contributed by atoms with E-state index in [-0.39, 0.29) is 12.3 Å². The van der Waals surface area contributed by atoms with Gasteiger partial charge in [-0.2, -0.15) is 0 Å². The van der Waals surface area contributed by atoms with Crippen LogP contribution in [0.5, 0.6) is 0 Å². The van der Waals surface area contributed by atoms with Crippen molar-refractivity contribution in [2.45, 2.75) is 12.8 Å². The van der Waals surface area contributed by atoms with Gasteiger partial charge in [0, 0.05) is 16.6 Å². The lowest BCUT2D eigenvalue weighted by atomic mass is 10.1. The van der Waals surface area contributed by atoms with Crippen molar-refractivity contribution in [2.75, 3.05) is 6.54 Å². The van der Waals surface area contributed by atoms with Gasteiger partial charge < -0.3 is 9.73 Å². The summed E-state index contributed by atoms with van der Waals surface area (Å²) in [5.41, 5.74) is 2.01. The van der Waals surface area contributed by atoms with E-state index in [0.717, 1.165) is 16.5 Å². The van der Waals surface area contributed by atoms with Crippen molar-refractivity contribution in [1.82, 2.24) is 15.5 Å². The first-order valence-electron chi connectivity index (χ1n) is 7.59. The highest BCUT2D eigenvalue weighted by Gasteiger charge is 2.12. The van der Waals surface area contributed by atoms with Crippen molar-refractivity contribution in [1.29, 1.82) is 0 Å². The van der Waals surface area contributed by atoms with Crippen molar-refractivity contribution in [3.63, 3.8) is 0 Å². The Morgan fingerprint density at radius 1 is 1.04 bits per heavy atom. The molecule has 1 amide bonds. The first-order chi connectivity index (χ1) is 11.7. The highest BCUT2D eigenvalue weighted by atomic mass is 79.9. The number of rotatable bonds is 6. The lowest BCUT2D eigenvalue weighted by Gasteiger charge is -2.03. The highest BCUT2D eigenvalue weighted by molar-refractivity contribution is 9.10. The zero-order valence-corrected chi connectivity index (χ0v) is 14.5. The summed E-state index contributed by atoms with van der Waals surface area (Å²) in [5, 5.41) is 10.8. The monoisotopic (exact) mass is 385 g/mol. The van der Waals surface area contributed by atoms with Crippen LogP contribution in [-0.2, 0) is 17.6 Å². The average molecular weight is 386 g/mol. The molecule has 24 heavy (non-hydrogen) atoms. The lowest BCUT2D eigenvalue weighted by molar-refractivity contribution is -0.120. The first kappa shape index (κ1) is 16.4. The van der Waals surface area contributed by atoms with Gasteiger partial charge >= 0.3 is 0 Å². The quantitative estimate of drug-likeness (QED) is 0.705. The summed E-state index contributed by atoms with van der Waals surface area (Å²) in [4.78, 5) is 11.9. The van der Waals surface area contributed by atoms with E-state index in [9.17, 15) is 4.79 Å². The van der Waals surface area contributed by atoms with E-state index in [2.05, 4.69) is 31.4 Å². The molecule has 2 aromatic carbocycles. The fourth-order valence-corrected chi connectivity index (χ4v) is 2.49. The van der Waals surface area contributed by atoms with E-state index in [1.54, 1.807) is 0 Å². The van der Waals surface area contributed by atoms with E-state index < -0.39 is 0 Å². The molecule has 0 spiro atoms. The van der Waals surface area contributed by atoms with Crippen LogP contribution in [0.2, 0.25) is 0 Å². The van der Waals surface area contributed by atoms with Gasteiger partial charge in [-0.1, -0.05) is 46.3 Å². The van der Waals surface area contributed by atoms with Gasteiger partial charge in [-0.15, -0.1) is 10.2 Å². The number of carbonyl (C=O) groups excluding carboxylic acids is 1. The summed E-state index contributed by atoms with van der Waals surface area (Å²) < 4.78 is 6.52. The molecule has 0 radical (unpaired) electrons. The second-order valence-corrected chi connectivity index (χ2v) is 6.19. The number of nitrogens with one attached hydrogen (secondary N) is 1. The van der Waals surface area contributed by atoms with Crippen molar-refractivity contribution < 1.29 is 9.21 Å². The number of benzene rings is 2. The minimum atomic E-state index is -0.128. The molecule has 0 aliphatic rings. The molecule has 1 N–H and O–H groups in total. The van der Waals surface area contributed by atoms with Crippen LogP contribution in [-0.4, -0.2) is 22.6 Å². The molecule has 5 nitrogen and oxygen atoms in total. The van der Waals surface area contributed by atoms with Gasteiger partial charge in [0.05, 0.1) is 0 Å². The fourth-order valence-electron chi connectivity index (χ4n) is 2.22. The Morgan fingerprint density at radius 2 is 1.79 bits per heavy atom. The largest absolute Gasteiger partial charge is 0.420 e. The molecule has 3 rings (SSSR count). The maximum absolute atomic E-state index is 11.9. The van der Waals surface area contributed by atoms with Crippen LogP contribution < -0.4 is 5.32 Å². The van der Waals surface area contributed by atoms with Crippen LogP contribution in [0.4, 0.5) is 0 Å². The van der Waals surface area contributed by atoms with Gasteiger partial charge in [0.15, 0.2) is 0 Å². The molecule has 0 atom stereocenters. The fraction of sp³-hybridized carbons (Fsp3) is 0.167. The molecule has 0 fully saturated rings. The summed E-state index contributed by atoms with van der Waals surface area (Å²) >= 11 is 3.38. The van der Waals surface area contributed by atoms with Crippen molar-refractivity contribution in [2.24, 2.45) is 0 Å². The number of hydrogen-bond donors (Lipinski definition) is 1. The lowest BCUT2D eigenvalue weighted by Crippen LogP contribution is -2.27. The number of aromatic nitrogens is 2. The third-order valence-corrected chi connectivity index (χ3v) is 3.98. The number of nitrogens with zero attached hydrogens (tertiary/aromatic N) is 2. The van der Waals surface area contributed by atoms with Crippen molar-refractivity contribution in [3.05, 3.63) is 70.5 Å². The average Bonchev–Trinajstić information content (AvgIpc) is 3.05. The molecule has 3 aromatic rings. The molecule has 1 aromatic heterocycles. The molecule has 6 heteroatoms. The van der Waals surface area contributed by atoms with E-state index in [1.807, 2.05) is 54.6 Å². The Kier molecular flexibility index (Phi) is 5.38. The number of carbonyl (C=O) groups is 1. The Labute approximate surface area is 148 Å². The first-order valence-corrected chi connectivity index (χ1v) is 8.39. The molecule has 122 valence electrons. The van der Waals surface area contributed by atoms with Gasteiger partial charge in [-0.3, -0.25) is 4.79 Å². The van der Waals surface area contributed by atoms with Crippen molar-refractivity contribution >= 4 is 21.8 Å². The summed E-state index contributed by atoms with van der Waals surface area (Å²) in [7, 11) is 0. The summed E-state index contributed by atoms with van der Waals surface area (Å²) in [5.74, 6) is 0.594. The number of amides is 1. The Balaban J connectivity index is 1.51. The predicted octanol–water partition coefficient (Wildman–Crippen LogP) is 3.40. The molecule has 0 saturated heterocycles. The SMILES string of the molecule is O=C(Cc1nnc(-c2ccc(Br)cc2)o1)NCCc1ccccc1. The van der Waals surface area contributed by atoms with Gasteiger partial charge in [0.1, 0.15) is 6.42 Å². The van der Waals surface area contributed by atoms with Gasteiger partial charge in [0.2, 0.25) is 17.7 Å². The maximum atomic E-state index is 11.9. The van der Waals surface area contributed by atoms with Crippen LogP contribution in [0.3, 0.4) is 0 Å². The minimum absolute atomic E-state index is 0.0817. The second-order valence-electron chi connectivity index (χ2n) is 5.27. The summed E-state index contributed by atoms with van der Waals surface area (Å²) in [6.07, 6.45) is 0.874. The van der Waals surface area contributed by atoms with Crippen molar-refractivity contribution in [3.8, 4) is 11.5 Å². The van der Waals surface area contributed by atoms with Gasteiger partial charge in [-0.25, -0.2) is 0 Å². The molecule has 0 aliphatic carbocycles. The van der Waals surface area contributed by atoms with Crippen LogP contribution in [0.15, 0.2) is 63.5 Å². The van der Waals surface area contributed by atoms with E-state index >= 15 is 0 Å². The molecule has 0 unspecified atom stereocenters. The topological polar surface area (TPSA) is 68.0 Å². The molecule has 1 heterocycles. The van der Waals surface area contributed by atoms with Gasteiger partial charge in [0.25, 0.3) is 0 Å². The smallest absolute Gasteiger partial charge is 0.247 e. The standard InChI is InChI=1S/C18H16BrN3O2/c19-15-8-6-14(7-9-15)18-22-21-17(24-18)12-16(23)20-11-10-13-4-2-1-3-5-13/h1-9H,10-12H2,(H,20,23). The Morgan fingerprint density at radius 3 is 2.54 bits per heavy atom. The number of hydrogen-bond acceptors (Lipinski definition) is 4. The maximum Gasteiger partial charge on any atom is 0.247 e. The Hall–Kier alpha value is -2.47. The molecule has 0 saturated carbocycles. The molecular weight excluding hydrogens is 370 g/mol. The highest BCUT2D eigenvalue weighted by Crippen LogP contribution is 2.20. The predicted molar refractivity (Wildman–Crippen MR) is 94.3 cm³/mol. The zero-order chi connectivity index (χ0) is 16.8.